The van der Waals surface area contributed by atoms with Gasteiger partial charge in [-0.2, -0.15) is 0 Å². The monoisotopic (exact) mass is 200 g/mol. The Morgan fingerprint density at radius 1 is 1.64 bits per heavy atom. The van der Waals surface area contributed by atoms with E-state index in [0.717, 1.165) is 19.5 Å². The number of hydrogen-bond donors (Lipinski definition) is 3. The Balaban J connectivity index is 2.19. The molecule has 82 valence electrons. The molecule has 4 heteroatoms. The van der Waals surface area contributed by atoms with Crippen LogP contribution >= 0.6 is 0 Å². The predicted molar refractivity (Wildman–Crippen MR) is 54.9 cm³/mol. The van der Waals surface area contributed by atoms with Crippen LogP contribution in [0.15, 0.2) is 0 Å². The molecule has 14 heavy (non-hydrogen) atoms. The number of carbonyl (C=O) groups excluding carboxylic acids is 1. The molecule has 1 amide bonds. The lowest BCUT2D eigenvalue weighted by Crippen LogP contribution is -2.38. The van der Waals surface area contributed by atoms with Gasteiger partial charge in [0.25, 0.3) is 0 Å². The van der Waals surface area contributed by atoms with Crippen LogP contribution in [0.3, 0.4) is 0 Å². The van der Waals surface area contributed by atoms with Gasteiger partial charge in [-0.25, -0.2) is 0 Å². The van der Waals surface area contributed by atoms with Gasteiger partial charge in [0, 0.05) is 6.54 Å². The standard InChI is InChI=1S/C10H20N2O2/c1-8(13)10(14)12-7-9-4-2-3-5-11-6-9/h8-9,11,13H,2-7H2,1H3,(H,12,14)/t8-,9?/m1/s1. The van der Waals surface area contributed by atoms with Gasteiger partial charge in [-0.05, 0) is 38.8 Å². The molecule has 0 aliphatic carbocycles. The Labute approximate surface area is 85.1 Å². The van der Waals surface area contributed by atoms with Gasteiger partial charge in [0.2, 0.25) is 5.91 Å². The van der Waals surface area contributed by atoms with Crippen LogP contribution < -0.4 is 10.6 Å². The van der Waals surface area contributed by atoms with Gasteiger partial charge in [-0.3, -0.25) is 4.79 Å². The summed E-state index contributed by atoms with van der Waals surface area (Å²) in [6.45, 7) is 4.22. The molecular weight excluding hydrogens is 180 g/mol. The minimum Gasteiger partial charge on any atom is -0.384 e. The highest BCUT2D eigenvalue weighted by atomic mass is 16.3. The molecule has 0 spiro atoms. The van der Waals surface area contributed by atoms with Crippen molar-refractivity contribution in [2.45, 2.75) is 32.3 Å². The van der Waals surface area contributed by atoms with Crippen LogP contribution in [0.25, 0.3) is 0 Å². The van der Waals surface area contributed by atoms with Crippen molar-refractivity contribution in [1.82, 2.24) is 10.6 Å². The quantitative estimate of drug-likeness (QED) is 0.595. The molecular formula is C10H20N2O2. The van der Waals surface area contributed by atoms with Gasteiger partial charge >= 0.3 is 0 Å². The number of rotatable bonds is 3. The highest BCUT2D eigenvalue weighted by molar-refractivity contribution is 5.79. The van der Waals surface area contributed by atoms with Crippen molar-refractivity contribution in [2.24, 2.45) is 5.92 Å². The van der Waals surface area contributed by atoms with E-state index in [1.54, 1.807) is 0 Å². The number of carbonyl (C=O) groups is 1. The van der Waals surface area contributed by atoms with Crippen molar-refractivity contribution in [3.05, 3.63) is 0 Å². The van der Waals surface area contributed by atoms with Gasteiger partial charge in [0.15, 0.2) is 0 Å². The fraction of sp³-hybridized carbons (Fsp3) is 0.900. The third-order valence-corrected chi connectivity index (χ3v) is 2.59. The summed E-state index contributed by atoms with van der Waals surface area (Å²) < 4.78 is 0. The molecule has 1 aliphatic rings. The normalized spacial score (nSPS) is 25.1. The fourth-order valence-corrected chi connectivity index (χ4v) is 1.66. The first-order valence-electron chi connectivity index (χ1n) is 5.36. The average molecular weight is 200 g/mol. The van der Waals surface area contributed by atoms with E-state index >= 15 is 0 Å². The maximum Gasteiger partial charge on any atom is 0.248 e. The molecule has 0 aromatic carbocycles. The Morgan fingerprint density at radius 3 is 3.14 bits per heavy atom. The van der Waals surface area contributed by atoms with E-state index in [1.165, 1.54) is 19.8 Å². The van der Waals surface area contributed by atoms with Gasteiger partial charge in [0.05, 0.1) is 0 Å². The summed E-state index contributed by atoms with van der Waals surface area (Å²) >= 11 is 0. The summed E-state index contributed by atoms with van der Waals surface area (Å²) in [5.74, 6) is 0.245. The van der Waals surface area contributed by atoms with Crippen molar-refractivity contribution in [1.29, 1.82) is 0 Å². The molecule has 4 nitrogen and oxygen atoms in total. The molecule has 0 aromatic rings. The zero-order chi connectivity index (χ0) is 10.4. The topological polar surface area (TPSA) is 61.4 Å². The van der Waals surface area contributed by atoms with E-state index in [9.17, 15) is 4.79 Å². The van der Waals surface area contributed by atoms with Crippen LogP contribution in [0, 0.1) is 5.92 Å². The molecule has 2 atom stereocenters. The van der Waals surface area contributed by atoms with Gasteiger partial charge in [-0.1, -0.05) is 6.42 Å². The van der Waals surface area contributed by atoms with E-state index in [-0.39, 0.29) is 5.91 Å². The Morgan fingerprint density at radius 2 is 2.43 bits per heavy atom. The Bertz CT molecular complexity index is 175. The van der Waals surface area contributed by atoms with Crippen LogP contribution in [0.4, 0.5) is 0 Å². The maximum atomic E-state index is 11.1. The predicted octanol–water partition coefficient (Wildman–Crippen LogP) is -0.127. The first-order chi connectivity index (χ1) is 6.70. The highest BCUT2D eigenvalue weighted by Crippen LogP contribution is 2.09. The van der Waals surface area contributed by atoms with Crippen molar-refractivity contribution >= 4 is 5.91 Å². The van der Waals surface area contributed by atoms with Crippen LogP contribution in [0.5, 0.6) is 0 Å². The zero-order valence-electron chi connectivity index (χ0n) is 8.75. The lowest BCUT2D eigenvalue weighted by atomic mass is 10.0. The summed E-state index contributed by atoms with van der Waals surface area (Å²) in [5, 5.41) is 15.1. The molecule has 0 radical (unpaired) electrons. The second kappa shape index (κ2) is 5.98. The lowest BCUT2D eigenvalue weighted by molar-refractivity contribution is -0.128. The average Bonchev–Trinajstić information content (AvgIpc) is 2.42. The van der Waals surface area contributed by atoms with Crippen LogP contribution in [0.2, 0.25) is 0 Å². The third kappa shape index (κ3) is 4.07. The van der Waals surface area contributed by atoms with Crippen molar-refractivity contribution < 1.29 is 9.90 Å². The van der Waals surface area contributed by atoms with E-state index in [1.807, 2.05) is 0 Å². The van der Waals surface area contributed by atoms with Crippen LogP contribution in [-0.4, -0.2) is 36.8 Å². The van der Waals surface area contributed by atoms with E-state index < -0.39 is 6.10 Å². The maximum absolute atomic E-state index is 11.1. The van der Waals surface area contributed by atoms with E-state index in [2.05, 4.69) is 10.6 Å². The zero-order valence-corrected chi connectivity index (χ0v) is 8.75. The summed E-state index contributed by atoms with van der Waals surface area (Å²) in [7, 11) is 0. The molecule has 1 aliphatic heterocycles. The smallest absolute Gasteiger partial charge is 0.248 e. The second-order valence-electron chi connectivity index (χ2n) is 3.99. The molecule has 1 rings (SSSR count). The first-order valence-corrected chi connectivity index (χ1v) is 5.36. The minimum absolute atomic E-state index is 0.269. The molecule has 0 bridgehead atoms. The SMILES string of the molecule is C[C@@H](O)C(=O)NCC1CCCCNC1. The molecule has 0 saturated carbocycles. The number of nitrogens with one attached hydrogen (secondary N) is 2. The fourth-order valence-electron chi connectivity index (χ4n) is 1.66. The highest BCUT2D eigenvalue weighted by Gasteiger charge is 2.14. The third-order valence-electron chi connectivity index (χ3n) is 2.59. The largest absolute Gasteiger partial charge is 0.384 e. The number of hydrogen-bond acceptors (Lipinski definition) is 3. The Hall–Kier alpha value is -0.610. The van der Waals surface area contributed by atoms with Crippen LogP contribution in [0.1, 0.15) is 26.2 Å². The van der Waals surface area contributed by atoms with Crippen molar-refractivity contribution in [2.75, 3.05) is 19.6 Å². The number of amides is 1. The molecule has 1 saturated heterocycles. The molecule has 1 unspecified atom stereocenters. The second-order valence-corrected chi connectivity index (χ2v) is 3.99. The van der Waals surface area contributed by atoms with Crippen molar-refractivity contribution in [3.63, 3.8) is 0 Å². The number of aliphatic hydroxyl groups is 1. The molecule has 3 N–H and O–H groups in total. The van der Waals surface area contributed by atoms with E-state index in [4.69, 9.17) is 5.11 Å². The van der Waals surface area contributed by atoms with Gasteiger partial charge < -0.3 is 15.7 Å². The molecule has 1 fully saturated rings. The summed E-state index contributed by atoms with van der Waals surface area (Å²) in [6.07, 6.45) is 2.71. The molecule has 0 aromatic heterocycles. The Kier molecular flexibility index (Phi) is 4.90. The lowest BCUT2D eigenvalue weighted by Gasteiger charge is -2.15. The summed E-state index contributed by atoms with van der Waals surface area (Å²) in [4.78, 5) is 11.1. The summed E-state index contributed by atoms with van der Waals surface area (Å²) in [5.41, 5.74) is 0. The summed E-state index contributed by atoms with van der Waals surface area (Å²) in [6, 6.07) is 0. The van der Waals surface area contributed by atoms with Gasteiger partial charge in [-0.15, -0.1) is 0 Å². The van der Waals surface area contributed by atoms with Crippen molar-refractivity contribution in [3.8, 4) is 0 Å². The first kappa shape index (κ1) is 11.5. The van der Waals surface area contributed by atoms with Gasteiger partial charge in [0.1, 0.15) is 6.10 Å². The number of aliphatic hydroxyl groups excluding tert-OH is 1. The minimum atomic E-state index is -0.895. The molecule has 1 heterocycles. The van der Waals surface area contributed by atoms with E-state index in [0.29, 0.717) is 12.5 Å². The van der Waals surface area contributed by atoms with Crippen LogP contribution in [-0.2, 0) is 4.79 Å².